The van der Waals surface area contributed by atoms with E-state index in [0.717, 1.165) is 49.1 Å². The maximum atomic E-state index is 13.5. The summed E-state index contributed by atoms with van der Waals surface area (Å²) in [5.74, 6) is 1.44. The summed E-state index contributed by atoms with van der Waals surface area (Å²) in [4.78, 5) is 18.9. The van der Waals surface area contributed by atoms with E-state index in [2.05, 4.69) is 49.7 Å². The summed E-state index contributed by atoms with van der Waals surface area (Å²) in [7, 11) is 0. The van der Waals surface area contributed by atoms with Gasteiger partial charge >= 0.3 is 0 Å². The van der Waals surface area contributed by atoms with Gasteiger partial charge in [-0.2, -0.15) is 0 Å². The van der Waals surface area contributed by atoms with Gasteiger partial charge in [-0.1, -0.05) is 24.3 Å². The Bertz CT molecular complexity index is 1420. The van der Waals surface area contributed by atoms with Crippen molar-refractivity contribution in [1.29, 1.82) is 0 Å². The van der Waals surface area contributed by atoms with E-state index < -0.39 is 6.04 Å². The van der Waals surface area contributed by atoms with Gasteiger partial charge in [-0.3, -0.25) is 9.69 Å². The molecule has 1 fully saturated rings. The van der Waals surface area contributed by atoms with Gasteiger partial charge in [-0.25, -0.2) is 4.68 Å². The number of pyridine rings is 1. The van der Waals surface area contributed by atoms with E-state index >= 15 is 0 Å². The van der Waals surface area contributed by atoms with Crippen LogP contribution in [0.1, 0.15) is 48.3 Å². The molecule has 4 aromatic rings. The third kappa shape index (κ3) is 4.40. The van der Waals surface area contributed by atoms with E-state index in [-0.39, 0.29) is 11.7 Å². The zero-order chi connectivity index (χ0) is 24.5. The zero-order valence-corrected chi connectivity index (χ0v) is 20.4. The molecule has 4 heterocycles. The van der Waals surface area contributed by atoms with Crippen LogP contribution in [-0.2, 0) is 24.2 Å². The van der Waals surface area contributed by atoms with Gasteiger partial charge in [-0.15, -0.1) is 5.10 Å². The van der Waals surface area contributed by atoms with Crippen LogP contribution in [0.3, 0.4) is 0 Å². The predicted octanol–water partition coefficient (Wildman–Crippen LogP) is 3.24. The highest BCUT2D eigenvalue weighted by Crippen LogP contribution is 2.32. The molecule has 2 aliphatic heterocycles. The fraction of sp³-hybridized carbons (Fsp3) is 0.407. The summed E-state index contributed by atoms with van der Waals surface area (Å²) in [6.07, 6.45) is 3.01. The lowest BCUT2D eigenvalue weighted by atomic mass is 9.96. The van der Waals surface area contributed by atoms with Crippen molar-refractivity contribution in [2.24, 2.45) is 0 Å². The lowest BCUT2D eigenvalue weighted by Gasteiger charge is -2.35. The van der Waals surface area contributed by atoms with Crippen molar-refractivity contribution in [2.45, 2.75) is 51.4 Å². The molecule has 0 bridgehead atoms. The number of aromatic amines is 1. The van der Waals surface area contributed by atoms with E-state index in [9.17, 15) is 4.79 Å². The zero-order valence-electron chi connectivity index (χ0n) is 20.4. The molecule has 1 saturated heterocycles. The topological polar surface area (TPSA) is 98.2 Å². The lowest BCUT2D eigenvalue weighted by molar-refractivity contribution is 0.0904. The molecule has 0 aliphatic carbocycles. The molecule has 2 aromatic carbocycles. The van der Waals surface area contributed by atoms with Crippen molar-refractivity contribution >= 4 is 10.9 Å². The average Bonchev–Trinajstić information content (AvgIpc) is 3.58. The number of nitrogens with zero attached hydrogens (tertiary/aromatic N) is 5. The van der Waals surface area contributed by atoms with Gasteiger partial charge < -0.3 is 14.5 Å². The van der Waals surface area contributed by atoms with Crippen LogP contribution < -0.4 is 10.3 Å². The molecule has 0 unspecified atom stereocenters. The first-order valence-corrected chi connectivity index (χ1v) is 12.7. The van der Waals surface area contributed by atoms with Crippen molar-refractivity contribution in [3.63, 3.8) is 0 Å². The lowest BCUT2D eigenvalue weighted by Crippen LogP contribution is -2.39. The monoisotopic (exact) mass is 486 g/mol. The van der Waals surface area contributed by atoms with Gasteiger partial charge in [0, 0.05) is 36.2 Å². The van der Waals surface area contributed by atoms with Crippen molar-refractivity contribution in [1.82, 2.24) is 30.1 Å². The summed E-state index contributed by atoms with van der Waals surface area (Å²) in [6.45, 7) is 5.38. The maximum absolute atomic E-state index is 13.5. The maximum Gasteiger partial charge on any atom is 0.253 e. The summed E-state index contributed by atoms with van der Waals surface area (Å²) in [5, 5.41) is 13.7. The van der Waals surface area contributed by atoms with Gasteiger partial charge in [0.25, 0.3) is 5.56 Å². The predicted molar refractivity (Wildman–Crippen MR) is 135 cm³/mol. The minimum Gasteiger partial charge on any atom is -0.494 e. The van der Waals surface area contributed by atoms with Crippen LogP contribution in [-0.4, -0.2) is 56.0 Å². The van der Waals surface area contributed by atoms with Crippen LogP contribution in [0.25, 0.3) is 10.9 Å². The van der Waals surface area contributed by atoms with Crippen molar-refractivity contribution in [3.8, 4) is 5.75 Å². The molecule has 2 aliphatic rings. The molecular weight excluding hydrogens is 456 g/mol. The van der Waals surface area contributed by atoms with Gasteiger partial charge in [0.15, 0.2) is 5.82 Å². The van der Waals surface area contributed by atoms with E-state index in [1.165, 1.54) is 11.1 Å². The molecule has 9 nitrogen and oxygen atoms in total. The largest absolute Gasteiger partial charge is 0.494 e. The number of ether oxygens (including phenoxy) is 2. The highest BCUT2D eigenvalue weighted by molar-refractivity contribution is 5.80. The number of hydrogen-bond donors (Lipinski definition) is 1. The second-order valence-electron chi connectivity index (χ2n) is 9.48. The van der Waals surface area contributed by atoms with Gasteiger partial charge in [0.2, 0.25) is 0 Å². The minimum absolute atomic E-state index is 0.0821. The first kappa shape index (κ1) is 22.9. The Labute approximate surface area is 209 Å². The van der Waals surface area contributed by atoms with Crippen LogP contribution in [0.4, 0.5) is 0 Å². The summed E-state index contributed by atoms with van der Waals surface area (Å²) in [5.41, 5.74) is 3.87. The van der Waals surface area contributed by atoms with Crippen LogP contribution in [0, 0.1) is 0 Å². The van der Waals surface area contributed by atoms with Crippen LogP contribution in [0.2, 0.25) is 0 Å². The third-order valence-electron chi connectivity index (χ3n) is 7.18. The second-order valence-corrected chi connectivity index (χ2v) is 9.48. The smallest absolute Gasteiger partial charge is 0.253 e. The SMILES string of the molecule is CCOc1ccc2[nH]c(=O)c([C@@H](c3nnnn3C[C@@H]3CCCO3)N3CCc4ccccc4C3)cc2c1. The Hall–Kier alpha value is -3.56. The van der Waals surface area contributed by atoms with Crippen molar-refractivity contribution in [3.05, 3.63) is 81.4 Å². The molecule has 1 N–H and O–H groups in total. The molecule has 0 radical (unpaired) electrons. The highest BCUT2D eigenvalue weighted by Gasteiger charge is 2.33. The number of benzene rings is 2. The first-order chi connectivity index (χ1) is 17.7. The quantitative estimate of drug-likeness (QED) is 0.428. The Balaban J connectivity index is 1.45. The Kier molecular flexibility index (Phi) is 6.25. The number of rotatable bonds is 7. The van der Waals surface area contributed by atoms with Gasteiger partial charge in [0.1, 0.15) is 11.8 Å². The standard InChI is InChI=1S/C27H30N6O3/c1-2-35-21-9-10-24-20(14-21)15-23(27(34)28-24)25(32-12-11-18-6-3-4-7-19(18)16-32)26-29-30-31-33(26)17-22-8-5-13-36-22/h3-4,6-7,9-10,14-15,22,25H,2,5,8,11-13,16-17H2,1H3,(H,28,34)/t22-,25-/m0/s1. The van der Waals surface area contributed by atoms with Crippen molar-refractivity contribution < 1.29 is 9.47 Å². The number of fused-ring (bicyclic) bond motifs is 2. The van der Waals surface area contributed by atoms with E-state index in [0.29, 0.717) is 31.1 Å². The van der Waals surface area contributed by atoms with Gasteiger partial charge in [0.05, 0.1) is 19.3 Å². The normalized spacial score (nSPS) is 18.9. The molecule has 36 heavy (non-hydrogen) atoms. The number of tetrazole rings is 1. The number of hydrogen-bond acceptors (Lipinski definition) is 7. The van der Waals surface area contributed by atoms with Crippen LogP contribution in [0.15, 0.2) is 53.3 Å². The van der Waals surface area contributed by atoms with E-state index in [1.54, 1.807) is 0 Å². The number of H-pyrrole nitrogens is 1. The number of nitrogens with one attached hydrogen (secondary N) is 1. The van der Waals surface area contributed by atoms with Gasteiger partial charge in [-0.05, 0) is 72.0 Å². The molecule has 9 heteroatoms. The summed E-state index contributed by atoms with van der Waals surface area (Å²) < 4.78 is 13.4. The van der Waals surface area contributed by atoms with Crippen LogP contribution >= 0.6 is 0 Å². The second kappa shape index (κ2) is 9.83. The van der Waals surface area contributed by atoms with E-state index in [1.807, 2.05) is 35.9 Å². The summed E-state index contributed by atoms with van der Waals surface area (Å²) >= 11 is 0. The fourth-order valence-electron chi connectivity index (χ4n) is 5.42. The Morgan fingerprint density at radius 1 is 1.19 bits per heavy atom. The molecule has 6 rings (SSSR count). The molecule has 186 valence electrons. The molecule has 0 amide bonds. The number of aromatic nitrogens is 5. The molecule has 2 aromatic heterocycles. The Morgan fingerprint density at radius 3 is 2.92 bits per heavy atom. The van der Waals surface area contributed by atoms with E-state index in [4.69, 9.17) is 9.47 Å². The van der Waals surface area contributed by atoms with Crippen molar-refractivity contribution in [2.75, 3.05) is 19.8 Å². The molecule has 2 atom stereocenters. The fourth-order valence-corrected chi connectivity index (χ4v) is 5.42. The third-order valence-corrected chi connectivity index (χ3v) is 7.18. The average molecular weight is 487 g/mol. The minimum atomic E-state index is -0.404. The Morgan fingerprint density at radius 2 is 2.08 bits per heavy atom. The van der Waals surface area contributed by atoms with Crippen LogP contribution in [0.5, 0.6) is 5.75 Å². The molecule has 0 saturated carbocycles. The molecular formula is C27H30N6O3. The first-order valence-electron chi connectivity index (χ1n) is 12.7. The highest BCUT2D eigenvalue weighted by atomic mass is 16.5. The summed E-state index contributed by atoms with van der Waals surface area (Å²) in [6, 6.07) is 15.8. The molecule has 0 spiro atoms.